The number of pyridine rings is 1. The van der Waals surface area contributed by atoms with Gasteiger partial charge >= 0.3 is 5.97 Å². The number of rotatable bonds is 4. The number of hydrogen-bond acceptors (Lipinski definition) is 4. The molecule has 0 saturated carbocycles. The molecule has 1 saturated heterocycles. The summed E-state index contributed by atoms with van der Waals surface area (Å²) >= 11 is 0. The van der Waals surface area contributed by atoms with E-state index in [1.807, 2.05) is 31.2 Å². The number of carboxylic acids is 1. The number of carbonyl (C=O) groups is 1. The Morgan fingerprint density at radius 3 is 2.36 bits per heavy atom. The average Bonchev–Trinajstić information content (AvgIpc) is 2.62. The normalized spacial score (nSPS) is 14.5. The fourth-order valence-electron chi connectivity index (χ4n) is 3.41. The standard InChI is InChI=1S/C19H22N2O4/c1-2-14-16(20-18(23)15(17(14)22)19(24)25)12-6-8-13(9-7-12)21-10-4-3-5-11-21/h6-9H,2-5,10-11H2,1H3,(H,24,25)(H2,20,22,23). The van der Waals surface area contributed by atoms with Crippen LogP contribution in [-0.4, -0.2) is 34.3 Å². The highest BCUT2D eigenvalue weighted by Gasteiger charge is 2.22. The second-order valence-corrected chi connectivity index (χ2v) is 6.28. The molecule has 0 radical (unpaired) electrons. The lowest BCUT2D eigenvalue weighted by molar-refractivity contribution is 0.0691. The number of anilines is 1. The van der Waals surface area contributed by atoms with E-state index < -0.39 is 22.8 Å². The number of nitrogens with one attached hydrogen (secondary N) is 1. The Hall–Kier alpha value is -2.76. The molecular weight excluding hydrogens is 320 g/mol. The van der Waals surface area contributed by atoms with E-state index in [-0.39, 0.29) is 0 Å². The molecule has 6 heteroatoms. The van der Waals surface area contributed by atoms with Crippen LogP contribution in [-0.2, 0) is 6.42 Å². The van der Waals surface area contributed by atoms with Crippen molar-refractivity contribution in [3.8, 4) is 17.0 Å². The van der Waals surface area contributed by atoms with Gasteiger partial charge in [-0.2, -0.15) is 0 Å². The van der Waals surface area contributed by atoms with Crippen LogP contribution in [0.4, 0.5) is 5.69 Å². The van der Waals surface area contributed by atoms with Gasteiger partial charge in [0.05, 0.1) is 5.69 Å². The van der Waals surface area contributed by atoms with Crippen LogP contribution in [0.5, 0.6) is 5.75 Å². The molecule has 1 fully saturated rings. The van der Waals surface area contributed by atoms with Crippen LogP contribution in [0.25, 0.3) is 11.3 Å². The summed E-state index contributed by atoms with van der Waals surface area (Å²) in [6.07, 6.45) is 4.07. The summed E-state index contributed by atoms with van der Waals surface area (Å²) in [6, 6.07) is 7.80. The van der Waals surface area contributed by atoms with E-state index in [2.05, 4.69) is 9.88 Å². The summed E-state index contributed by atoms with van der Waals surface area (Å²) in [6.45, 7) is 3.90. The molecule has 0 aliphatic carbocycles. The van der Waals surface area contributed by atoms with E-state index in [9.17, 15) is 14.7 Å². The third-order valence-electron chi connectivity index (χ3n) is 4.73. The molecule has 3 rings (SSSR count). The number of aromatic amines is 1. The molecule has 1 aliphatic heterocycles. The van der Waals surface area contributed by atoms with E-state index in [0.29, 0.717) is 17.7 Å². The monoisotopic (exact) mass is 342 g/mol. The van der Waals surface area contributed by atoms with Gasteiger partial charge in [0.1, 0.15) is 5.75 Å². The summed E-state index contributed by atoms with van der Waals surface area (Å²) in [5.74, 6) is -1.88. The van der Waals surface area contributed by atoms with E-state index in [1.54, 1.807) is 0 Å². The second kappa shape index (κ2) is 7.01. The first-order chi connectivity index (χ1) is 12.0. The number of benzene rings is 1. The van der Waals surface area contributed by atoms with Crippen LogP contribution in [0.2, 0.25) is 0 Å². The van der Waals surface area contributed by atoms with Crippen LogP contribution < -0.4 is 10.5 Å². The molecule has 0 atom stereocenters. The Labute approximate surface area is 145 Å². The first-order valence-corrected chi connectivity index (χ1v) is 8.59. The maximum absolute atomic E-state index is 12.1. The zero-order chi connectivity index (χ0) is 18.0. The molecule has 2 heterocycles. The predicted molar refractivity (Wildman–Crippen MR) is 96.6 cm³/mol. The Kier molecular flexibility index (Phi) is 4.79. The Bertz CT molecular complexity index is 834. The fourth-order valence-corrected chi connectivity index (χ4v) is 3.41. The molecule has 0 spiro atoms. The number of aromatic hydroxyl groups is 1. The summed E-state index contributed by atoms with van der Waals surface area (Å²) in [5, 5.41) is 19.4. The van der Waals surface area contributed by atoms with E-state index >= 15 is 0 Å². The van der Waals surface area contributed by atoms with Gasteiger partial charge < -0.3 is 20.1 Å². The van der Waals surface area contributed by atoms with E-state index in [1.165, 1.54) is 19.3 Å². The van der Waals surface area contributed by atoms with Crippen LogP contribution in [0.3, 0.4) is 0 Å². The molecule has 6 nitrogen and oxygen atoms in total. The van der Waals surface area contributed by atoms with Crippen molar-refractivity contribution in [1.29, 1.82) is 0 Å². The topological polar surface area (TPSA) is 93.6 Å². The van der Waals surface area contributed by atoms with Crippen LogP contribution in [0.15, 0.2) is 29.1 Å². The molecule has 1 aliphatic rings. The minimum atomic E-state index is -1.43. The zero-order valence-corrected chi connectivity index (χ0v) is 14.2. The first kappa shape index (κ1) is 17.1. The van der Waals surface area contributed by atoms with E-state index in [0.717, 1.165) is 24.3 Å². The average molecular weight is 342 g/mol. The number of aromatic nitrogens is 1. The molecule has 0 unspecified atom stereocenters. The highest BCUT2D eigenvalue weighted by molar-refractivity contribution is 5.92. The predicted octanol–water partition coefficient (Wildman–Crippen LogP) is 3.00. The van der Waals surface area contributed by atoms with Crippen molar-refractivity contribution < 1.29 is 15.0 Å². The zero-order valence-electron chi connectivity index (χ0n) is 14.2. The largest absolute Gasteiger partial charge is 0.506 e. The summed E-state index contributed by atoms with van der Waals surface area (Å²) in [5.41, 5.74) is 1.39. The van der Waals surface area contributed by atoms with Gasteiger partial charge in [-0.05, 0) is 43.4 Å². The summed E-state index contributed by atoms with van der Waals surface area (Å²) in [7, 11) is 0. The summed E-state index contributed by atoms with van der Waals surface area (Å²) in [4.78, 5) is 28.2. The minimum Gasteiger partial charge on any atom is -0.506 e. The quantitative estimate of drug-likeness (QED) is 0.794. The van der Waals surface area contributed by atoms with Crippen molar-refractivity contribution in [3.05, 3.63) is 45.7 Å². The van der Waals surface area contributed by atoms with Gasteiger partial charge in [-0.3, -0.25) is 4.79 Å². The lowest BCUT2D eigenvalue weighted by Crippen LogP contribution is -2.29. The van der Waals surface area contributed by atoms with Crippen molar-refractivity contribution in [2.24, 2.45) is 0 Å². The van der Waals surface area contributed by atoms with Gasteiger partial charge in [-0.25, -0.2) is 4.79 Å². The molecule has 1 aromatic heterocycles. The lowest BCUT2D eigenvalue weighted by Gasteiger charge is -2.29. The SMILES string of the molecule is CCc1c(-c2ccc(N3CCCCC3)cc2)[nH]c(=O)c(C(=O)O)c1O. The lowest BCUT2D eigenvalue weighted by atomic mass is 10.00. The number of nitrogens with zero attached hydrogens (tertiary/aromatic N) is 1. The van der Waals surface area contributed by atoms with Gasteiger partial charge in [0.2, 0.25) is 0 Å². The minimum absolute atomic E-state index is 0.409. The van der Waals surface area contributed by atoms with Gasteiger partial charge in [0.25, 0.3) is 5.56 Å². The van der Waals surface area contributed by atoms with Gasteiger partial charge in [-0.1, -0.05) is 19.1 Å². The maximum atomic E-state index is 12.1. The number of carboxylic acid groups (broad SMARTS) is 1. The van der Waals surface area contributed by atoms with Gasteiger partial charge in [-0.15, -0.1) is 0 Å². The maximum Gasteiger partial charge on any atom is 0.345 e. The number of hydrogen-bond donors (Lipinski definition) is 3. The van der Waals surface area contributed by atoms with Crippen molar-refractivity contribution in [1.82, 2.24) is 4.98 Å². The molecule has 25 heavy (non-hydrogen) atoms. The number of aromatic carboxylic acids is 1. The van der Waals surface area contributed by atoms with Crippen molar-refractivity contribution >= 4 is 11.7 Å². The molecule has 2 aromatic rings. The second-order valence-electron chi connectivity index (χ2n) is 6.28. The Morgan fingerprint density at radius 2 is 1.80 bits per heavy atom. The van der Waals surface area contributed by atoms with Crippen molar-refractivity contribution in [2.45, 2.75) is 32.6 Å². The highest BCUT2D eigenvalue weighted by Crippen LogP contribution is 2.31. The smallest absolute Gasteiger partial charge is 0.345 e. The molecule has 132 valence electrons. The first-order valence-electron chi connectivity index (χ1n) is 8.59. The van der Waals surface area contributed by atoms with Gasteiger partial charge in [0, 0.05) is 24.3 Å². The van der Waals surface area contributed by atoms with Crippen molar-refractivity contribution in [2.75, 3.05) is 18.0 Å². The highest BCUT2D eigenvalue weighted by atomic mass is 16.4. The van der Waals surface area contributed by atoms with Crippen molar-refractivity contribution in [3.63, 3.8) is 0 Å². The molecule has 0 amide bonds. The fraction of sp³-hybridized carbons (Fsp3) is 0.368. The number of piperidine rings is 1. The molecular formula is C19H22N2O4. The third-order valence-corrected chi connectivity index (χ3v) is 4.73. The molecule has 1 aromatic carbocycles. The number of H-pyrrole nitrogens is 1. The van der Waals surface area contributed by atoms with Crippen LogP contribution >= 0.6 is 0 Å². The Morgan fingerprint density at radius 1 is 1.16 bits per heavy atom. The summed E-state index contributed by atoms with van der Waals surface area (Å²) < 4.78 is 0. The van der Waals surface area contributed by atoms with Crippen LogP contribution in [0, 0.1) is 0 Å². The Balaban J connectivity index is 2.01. The van der Waals surface area contributed by atoms with Crippen LogP contribution in [0.1, 0.15) is 42.1 Å². The van der Waals surface area contributed by atoms with Gasteiger partial charge in [0.15, 0.2) is 5.56 Å². The van der Waals surface area contributed by atoms with E-state index in [4.69, 9.17) is 5.11 Å². The third kappa shape index (κ3) is 3.24. The molecule has 0 bridgehead atoms. The molecule has 3 N–H and O–H groups in total.